The summed E-state index contributed by atoms with van der Waals surface area (Å²) < 4.78 is 0. The van der Waals surface area contributed by atoms with Crippen LogP contribution in [0.25, 0.3) is 0 Å². The minimum atomic E-state index is -0.0953. The topological polar surface area (TPSA) is 43.8 Å². The monoisotopic (exact) mass is 254 g/mol. The minimum Gasteiger partial charge on any atom is -0.393 e. The standard InChI is InChI=1S/C14H26N2O2/c1-11-4-3-5-16(8-11)14(18)10-15(2)9-12-6-13(17)7-12/h11-13,17H,3-10H2,1-2H3. The Morgan fingerprint density at radius 2 is 2.17 bits per heavy atom. The average Bonchev–Trinajstić information content (AvgIpc) is 2.26. The number of aliphatic hydroxyl groups is 1. The second-order valence-electron chi connectivity index (χ2n) is 6.28. The number of likely N-dealkylation sites (N-methyl/N-ethyl adjacent to an activating group) is 1. The molecular weight excluding hydrogens is 228 g/mol. The Hall–Kier alpha value is -0.610. The summed E-state index contributed by atoms with van der Waals surface area (Å²) in [6.45, 7) is 5.54. The zero-order valence-corrected chi connectivity index (χ0v) is 11.6. The van der Waals surface area contributed by atoms with E-state index in [0.717, 1.165) is 38.9 Å². The van der Waals surface area contributed by atoms with Gasteiger partial charge in [-0.15, -0.1) is 0 Å². The van der Waals surface area contributed by atoms with Crippen molar-refractivity contribution in [2.75, 3.05) is 33.2 Å². The van der Waals surface area contributed by atoms with E-state index in [4.69, 9.17) is 0 Å². The number of nitrogens with zero attached hydrogens (tertiary/aromatic N) is 2. The van der Waals surface area contributed by atoms with Gasteiger partial charge in [0.15, 0.2) is 0 Å². The van der Waals surface area contributed by atoms with E-state index >= 15 is 0 Å². The summed E-state index contributed by atoms with van der Waals surface area (Å²) in [5, 5.41) is 9.25. The van der Waals surface area contributed by atoms with Crippen molar-refractivity contribution in [3.05, 3.63) is 0 Å². The van der Waals surface area contributed by atoms with Crippen molar-refractivity contribution in [1.82, 2.24) is 9.80 Å². The van der Waals surface area contributed by atoms with Crippen LogP contribution in [-0.4, -0.2) is 60.1 Å². The first-order valence-electron chi connectivity index (χ1n) is 7.19. The summed E-state index contributed by atoms with van der Waals surface area (Å²) >= 11 is 0. The molecule has 0 spiro atoms. The highest BCUT2D eigenvalue weighted by atomic mass is 16.3. The largest absolute Gasteiger partial charge is 0.393 e. The fourth-order valence-electron chi connectivity index (χ4n) is 3.10. The third-order valence-electron chi connectivity index (χ3n) is 4.20. The fraction of sp³-hybridized carbons (Fsp3) is 0.929. The zero-order valence-electron chi connectivity index (χ0n) is 11.6. The maximum Gasteiger partial charge on any atom is 0.236 e. The Morgan fingerprint density at radius 1 is 1.44 bits per heavy atom. The Morgan fingerprint density at radius 3 is 2.78 bits per heavy atom. The summed E-state index contributed by atoms with van der Waals surface area (Å²) in [5.74, 6) is 1.50. The first-order valence-corrected chi connectivity index (χ1v) is 7.19. The van der Waals surface area contributed by atoms with Crippen molar-refractivity contribution < 1.29 is 9.90 Å². The highest BCUT2D eigenvalue weighted by molar-refractivity contribution is 5.78. The molecule has 0 aromatic rings. The van der Waals surface area contributed by atoms with Crippen LogP contribution in [-0.2, 0) is 4.79 Å². The molecule has 0 bridgehead atoms. The van der Waals surface area contributed by atoms with Crippen LogP contribution in [0.15, 0.2) is 0 Å². The lowest BCUT2D eigenvalue weighted by atomic mass is 9.82. The van der Waals surface area contributed by atoms with Crippen molar-refractivity contribution in [3.8, 4) is 0 Å². The van der Waals surface area contributed by atoms with Gasteiger partial charge in [-0.25, -0.2) is 0 Å². The number of carbonyl (C=O) groups excluding carboxylic acids is 1. The molecular formula is C14H26N2O2. The van der Waals surface area contributed by atoms with Gasteiger partial charge in [0.05, 0.1) is 12.6 Å². The maximum atomic E-state index is 12.1. The molecule has 1 unspecified atom stereocenters. The van der Waals surface area contributed by atoms with E-state index in [9.17, 15) is 9.90 Å². The molecule has 104 valence electrons. The van der Waals surface area contributed by atoms with Gasteiger partial charge in [-0.3, -0.25) is 9.69 Å². The van der Waals surface area contributed by atoms with E-state index in [1.54, 1.807) is 0 Å². The summed E-state index contributed by atoms with van der Waals surface area (Å²) in [4.78, 5) is 16.3. The summed E-state index contributed by atoms with van der Waals surface area (Å²) in [6, 6.07) is 0. The van der Waals surface area contributed by atoms with Crippen LogP contribution in [0.2, 0.25) is 0 Å². The maximum absolute atomic E-state index is 12.1. The molecule has 18 heavy (non-hydrogen) atoms. The van der Waals surface area contributed by atoms with Gasteiger partial charge in [0.2, 0.25) is 5.91 Å². The number of hydrogen-bond acceptors (Lipinski definition) is 3. The number of likely N-dealkylation sites (tertiary alicyclic amines) is 1. The Labute approximate surface area is 110 Å². The minimum absolute atomic E-state index is 0.0953. The van der Waals surface area contributed by atoms with Gasteiger partial charge >= 0.3 is 0 Å². The Kier molecular flexibility index (Phi) is 4.62. The smallest absolute Gasteiger partial charge is 0.236 e. The lowest BCUT2D eigenvalue weighted by Gasteiger charge is -2.36. The molecule has 4 heteroatoms. The van der Waals surface area contributed by atoms with Gasteiger partial charge in [0, 0.05) is 19.6 Å². The first-order chi connectivity index (χ1) is 8.54. The average molecular weight is 254 g/mol. The molecule has 1 saturated heterocycles. The van der Waals surface area contributed by atoms with E-state index in [-0.39, 0.29) is 12.0 Å². The Bertz CT molecular complexity index is 290. The normalized spacial score (nSPS) is 32.4. The predicted octanol–water partition coefficient (Wildman–Crippen LogP) is 0.948. The van der Waals surface area contributed by atoms with Crippen molar-refractivity contribution in [3.63, 3.8) is 0 Å². The molecule has 1 atom stereocenters. The lowest BCUT2D eigenvalue weighted by molar-refractivity contribution is -0.134. The molecule has 0 aromatic carbocycles. The number of aliphatic hydroxyl groups excluding tert-OH is 1. The van der Waals surface area contributed by atoms with Gasteiger partial charge in [0.25, 0.3) is 0 Å². The van der Waals surface area contributed by atoms with Crippen molar-refractivity contribution in [2.45, 2.75) is 38.7 Å². The van der Waals surface area contributed by atoms with Gasteiger partial charge < -0.3 is 10.0 Å². The van der Waals surface area contributed by atoms with Crippen LogP contribution in [0.1, 0.15) is 32.6 Å². The molecule has 0 aromatic heterocycles. The van der Waals surface area contributed by atoms with Crippen LogP contribution in [0.4, 0.5) is 0 Å². The van der Waals surface area contributed by atoms with Crippen LogP contribution in [0.5, 0.6) is 0 Å². The molecule has 4 nitrogen and oxygen atoms in total. The van der Waals surface area contributed by atoms with E-state index < -0.39 is 0 Å². The molecule has 1 aliphatic carbocycles. The molecule has 1 aliphatic heterocycles. The van der Waals surface area contributed by atoms with Crippen LogP contribution < -0.4 is 0 Å². The number of piperidine rings is 1. The van der Waals surface area contributed by atoms with Crippen molar-refractivity contribution >= 4 is 5.91 Å². The molecule has 1 N–H and O–H groups in total. The number of carbonyl (C=O) groups is 1. The highest BCUT2D eigenvalue weighted by Crippen LogP contribution is 2.27. The number of amides is 1. The van der Waals surface area contributed by atoms with Gasteiger partial charge in [0.1, 0.15) is 0 Å². The molecule has 1 heterocycles. The zero-order chi connectivity index (χ0) is 13.1. The van der Waals surface area contributed by atoms with Crippen molar-refractivity contribution in [1.29, 1.82) is 0 Å². The third-order valence-corrected chi connectivity index (χ3v) is 4.20. The number of hydrogen-bond donors (Lipinski definition) is 1. The lowest BCUT2D eigenvalue weighted by Crippen LogP contribution is -2.45. The molecule has 1 amide bonds. The van der Waals surface area contributed by atoms with E-state index in [1.807, 2.05) is 11.9 Å². The molecule has 2 rings (SSSR count). The Balaban J connectivity index is 1.69. The van der Waals surface area contributed by atoms with Crippen LogP contribution >= 0.6 is 0 Å². The van der Waals surface area contributed by atoms with Gasteiger partial charge in [-0.05, 0) is 44.6 Å². The van der Waals surface area contributed by atoms with Gasteiger partial charge in [-0.1, -0.05) is 6.92 Å². The van der Waals surface area contributed by atoms with Crippen molar-refractivity contribution in [2.24, 2.45) is 11.8 Å². The fourth-order valence-corrected chi connectivity index (χ4v) is 3.10. The quantitative estimate of drug-likeness (QED) is 0.812. The van der Waals surface area contributed by atoms with Gasteiger partial charge in [-0.2, -0.15) is 0 Å². The third kappa shape index (κ3) is 3.69. The summed E-state index contributed by atoms with van der Waals surface area (Å²) in [6.07, 6.45) is 4.10. The highest BCUT2D eigenvalue weighted by Gasteiger charge is 2.29. The molecule has 0 radical (unpaired) electrons. The second kappa shape index (κ2) is 6.02. The summed E-state index contributed by atoms with van der Waals surface area (Å²) in [5.41, 5.74) is 0. The molecule has 2 fully saturated rings. The van der Waals surface area contributed by atoms with Crippen LogP contribution in [0.3, 0.4) is 0 Å². The summed E-state index contributed by atoms with van der Waals surface area (Å²) in [7, 11) is 2.01. The van der Waals surface area contributed by atoms with E-state index in [1.165, 1.54) is 6.42 Å². The first kappa shape index (κ1) is 13.8. The van der Waals surface area contributed by atoms with E-state index in [0.29, 0.717) is 18.4 Å². The second-order valence-corrected chi connectivity index (χ2v) is 6.28. The SMILES string of the molecule is CC1CCCN(C(=O)CN(C)CC2CC(O)C2)C1. The van der Waals surface area contributed by atoms with Crippen LogP contribution in [0, 0.1) is 11.8 Å². The van der Waals surface area contributed by atoms with E-state index in [2.05, 4.69) is 11.8 Å². The molecule has 2 aliphatic rings. The number of rotatable bonds is 4. The predicted molar refractivity (Wildman–Crippen MR) is 71.2 cm³/mol. The molecule has 1 saturated carbocycles.